The van der Waals surface area contributed by atoms with E-state index in [-0.39, 0.29) is 24.2 Å². The molecule has 25 heavy (non-hydrogen) atoms. The zero-order valence-corrected chi connectivity index (χ0v) is 14.3. The van der Waals surface area contributed by atoms with Crippen molar-refractivity contribution in [1.82, 2.24) is 9.88 Å². The van der Waals surface area contributed by atoms with Gasteiger partial charge in [0.2, 0.25) is 0 Å². The van der Waals surface area contributed by atoms with E-state index in [1.54, 1.807) is 18.5 Å². The second-order valence-corrected chi connectivity index (χ2v) is 6.54. The Morgan fingerprint density at radius 1 is 1.36 bits per heavy atom. The number of nitrogens with zero attached hydrogens (tertiary/aromatic N) is 2. The van der Waals surface area contributed by atoms with Crippen molar-refractivity contribution in [1.29, 1.82) is 0 Å². The van der Waals surface area contributed by atoms with Crippen LogP contribution in [0.25, 0.3) is 0 Å². The van der Waals surface area contributed by atoms with E-state index in [1.165, 1.54) is 0 Å². The quantitative estimate of drug-likeness (QED) is 0.854. The third kappa shape index (κ3) is 3.19. The van der Waals surface area contributed by atoms with Gasteiger partial charge in [0, 0.05) is 12.7 Å². The molecule has 0 N–H and O–H groups in total. The van der Waals surface area contributed by atoms with Crippen molar-refractivity contribution in [2.45, 2.75) is 44.6 Å². The van der Waals surface area contributed by atoms with E-state index in [0.29, 0.717) is 31.1 Å². The van der Waals surface area contributed by atoms with Gasteiger partial charge in [-0.1, -0.05) is 6.07 Å². The summed E-state index contributed by atoms with van der Waals surface area (Å²) in [4.78, 5) is 19.1. The highest BCUT2D eigenvalue weighted by atomic mass is 16.5. The lowest BCUT2D eigenvalue weighted by Crippen LogP contribution is -2.53. The van der Waals surface area contributed by atoms with Gasteiger partial charge in [-0.3, -0.25) is 9.78 Å². The third-order valence-corrected chi connectivity index (χ3v) is 5.06. The molecule has 2 aromatic heterocycles. The number of ether oxygens (including phenoxy) is 2. The maximum absolute atomic E-state index is 12.9. The molecule has 0 aromatic carbocycles. The van der Waals surface area contributed by atoms with Gasteiger partial charge in [-0.25, -0.2) is 0 Å². The highest BCUT2D eigenvalue weighted by Crippen LogP contribution is 2.33. The normalized spacial score (nSPS) is 25.8. The number of aryl methyl sites for hydroxylation is 1. The van der Waals surface area contributed by atoms with E-state index in [9.17, 15) is 4.79 Å². The van der Waals surface area contributed by atoms with Crippen LogP contribution < -0.4 is 0 Å². The molecule has 2 aliphatic rings. The molecule has 1 aliphatic carbocycles. The maximum Gasteiger partial charge on any atom is 0.257 e. The zero-order valence-electron chi connectivity index (χ0n) is 14.3. The molecule has 3 atom stereocenters. The van der Waals surface area contributed by atoms with Crippen molar-refractivity contribution < 1.29 is 18.7 Å². The van der Waals surface area contributed by atoms with Crippen LogP contribution in [0.2, 0.25) is 0 Å². The van der Waals surface area contributed by atoms with E-state index in [2.05, 4.69) is 4.98 Å². The smallest absolute Gasteiger partial charge is 0.257 e. The van der Waals surface area contributed by atoms with Crippen molar-refractivity contribution in [3.8, 4) is 0 Å². The highest BCUT2D eigenvalue weighted by molar-refractivity contribution is 5.95. The number of furan rings is 1. The Morgan fingerprint density at radius 3 is 3.04 bits per heavy atom. The van der Waals surface area contributed by atoms with E-state index < -0.39 is 0 Å². The minimum absolute atomic E-state index is 0.00643. The summed E-state index contributed by atoms with van der Waals surface area (Å²) in [5.74, 6) is 0.684. The summed E-state index contributed by atoms with van der Waals surface area (Å²) < 4.78 is 17.3. The van der Waals surface area contributed by atoms with Crippen LogP contribution in [0.15, 0.2) is 41.1 Å². The molecule has 6 nitrogen and oxygen atoms in total. The highest BCUT2D eigenvalue weighted by Gasteiger charge is 2.45. The molecule has 2 aromatic rings. The Hall–Kier alpha value is -2.18. The van der Waals surface area contributed by atoms with Crippen LogP contribution >= 0.6 is 0 Å². The van der Waals surface area contributed by atoms with Gasteiger partial charge in [0.05, 0.1) is 42.9 Å². The average molecular weight is 342 g/mol. The van der Waals surface area contributed by atoms with Gasteiger partial charge in [-0.05, 0) is 38.0 Å². The SMILES string of the molecule is Cc1occc1C(=O)N1CCO[C@H]2[C@H](OCc3ccccn3)CC[C@@H]21. The predicted octanol–water partition coefficient (Wildman–Crippen LogP) is 2.57. The van der Waals surface area contributed by atoms with Crippen molar-refractivity contribution in [2.75, 3.05) is 13.2 Å². The minimum Gasteiger partial charge on any atom is -0.469 e. The number of carbonyl (C=O) groups excluding carboxylic acids is 1. The number of rotatable bonds is 4. The molecule has 0 spiro atoms. The van der Waals surface area contributed by atoms with Gasteiger partial charge < -0.3 is 18.8 Å². The lowest BCUT2D eigenvalue weighted by Gasteiger charge is -2.39. The largest absolute Gasteiger partial charge is 0.469 e. The number of amides is 1. The first-order chi connectivity index (χ1) is 12.2. The number of fused-ring (bicyclic) bond motifs is 1. The van der Waals surface area contributed by atoms with Crippen LogP contribution in [-0.2, 0) is 16.1 Å². The average Bonchev–Trinajstić information content (AvgIpc) is 3.26. The molecule has 0 bridgehead atoms. The summed E-state index contributed by atoms with van der Waals surface area (Å²) in [5, 5.41) is 0. The summed E-state index contributed by atoms with van der Waals surface area (Å²) >= 11 is 0. The molecule has 6 heteroatoms. The van der Waals surface area contributed by atoms with Crippen molar-refractivity contribution in [2.24, 2.45) is 0 Å². The predicted molar refractivity (Wildman–Crippen MR) is 90.1 cm³/mol. The van der Waals surface area contributed by atoms with Gasteiger partial charge in [-0.2, -0.15) is 0 Å². The van der Waals surface area contributed by atoms with Crippen LogP contribution in [0.5, 0.6) is 0 Å². The van der Waals surface area contributed by atoms with Gasteiger partial charge >= 0.3 is 0 Å². The lowest BCUT2D eigenvalue weighted by molar-refractivity contribution is -0.109. The molecular formula is C19H22N2O4. The number of hydrogen-bond acceptors (Lipinski definition) is 5. The second-order valence-electron chi connectivity index (χ2n) is 6.54. The number of pyridine rings is 1. The van der Waals surface area contributed by atoms with Gasteiger partial charge in [0.15, 0.2) is 0 Å². The summed E-state index contributed by atoms with van der Waals surface area (Å²) in [6.45, 7) is 3.43. The Bertz CT molecular complexity index is 730. The Kier molecular flexibility index (Phi) is 4.55. The molecule has 1 aliphatic heterocycles. The molecule has 1 amide bonds. The zero-order chi connectivity index (χ0) is 17.2. The maximum atomic E-state index is 12.9. The molecular weight excluding hydrogens is 320 g/mol. The van der Waals surface area contributed by atoms with Crippen LogP contribution in [0.1, 0.15) is 34.7 Å². The fourth-order valence-electron chi connectivity index (χ4n) is 3.78. The molecule has 0 unspecified atom stereocenters. The second kappa shape index (κ2) is 6.98. The van der Waals surface area contributed by atoms with Crippen molar-refractivity contribution in [3.63, 3.8) is 0 Å². The fraction of sp³-hybridized carbons (Fsp3) is 0.474. The summed E-state index contributed by atoms with van der Waals surface area (Å²) in [6.07, 6.45) is 5.02. The summed E-state index contributed by atoms with van der Waals surface area (Å²) in [6, 6.07) is 7.59. The molecule has 132 valence electrons. The Balaban J connectivity index is 1.43. The number of hydrogen-bond donors (Lipinski definition) is 0. The van der Waals surface area contributed by atoms with E-state index in [0.717, 1.165) is 18.5 Å². The first kappa shape index (κ1) is 16.3. The number of carbonyl (C=O) groups is 1. The Labute approximate surface area is 146 Å². The van der Waals surface area contributed by atoms with Crippen molar-refractivity contribution >= 4 is 5.91 Å². The van der Waals surface area contributed by atoms with Gasteiger partial charge in [0.25, 0.3) is 5.91 Å². The Morgan fingerprint density at radius 2 is 2.28 bits per heavy atom. The monoisotopic (exact) mass is 342 g/mol. The van der Waals surface area contributed by atoms with Crippen molar-refractivity contribution in [3.05, 3.63) is 53.7 Å². The van der Waals surface area contributed by atoms with E-state index >= 15 is 0 Å². The topological polar surface area (TPSA) is 64.8 Å². The fourth-order valence-corrected chi connectivity index (χ4v) is 3.78. The minimum atomic E-state index is -0.0754. The summed E-state index contributed by atoms with van der Waals surface area (Å²) in [7, 11) is 0. The first-order valence-electron chi connectivity index (χ1n) is 8.72. The number of aromatic nitrogens is 1. The van der Waals surface area contributed by atoms with E-state index in [4.69, 9.17) is 13.9 Å². The van der Waals surface area contributed by atoms with Crippen LogP contribution in [0.4, 0.5) is 0 Å². The van der Waals surface area contributed by atoms with E-state index in [1.807, 2.05) is 30.0 Å². The molecule has 4 rings (SSSR count). The standard InChI is InChI=1S/C19H22N2O4/c1-13-15(7-10-23-13)19(22)21-9-11-24-18-16(21)5-6-17(18)25-12-14-4-2-3-8-20-14/h2-4,7-8,10,16-18H,5-6,9,11-12H2,1H3/t16-,17+,18+/m0/s1. The van der Waals surface area contributed by atoms with Gasteiger partial charge in [0.1, 0.15) is 11.9 Å². The number of morpholine rings is 1. The molecule has 1 saturated heterocycles. The van der Waals surface area contributed by atoms with Crippen LogP contribution in [-0.4, -0.2) is 47.2 Å². The van der Waals surface area contributed by atoms with Crippen LogP contribution in [0.3, 0.4) is 0 Å². The molecule has 2 fully saturated rings. The van der Waals surface area contributed by atoms with Crippen LogP contribution in [0, 0.1) is 6.92 Å². The third-order valence-electron chi connectivity index (χ3n) is 5.06. The summed E-state index contributed by atoms with van der Waals surface area (Å²) in [5.41, 5.74) is 1.54. The lowest BCUT2D eigenvalue weighted by atomic mass is 10.1. The molecule has 1 saturated carbocycles. The first-order valence-corrected chi connectivity index (χ1v) is 8.72. The van der Waals surface area contributed by atoms with Gasteiger partial charge in [-0.15, -0.1) is 0 Å². The molecule has 0 radical (unpaired) electrons. The molecule has 3 heterocycles.